The summed E-state index contributed by atoms with van der Waals surface area (Å²) in [7, 11) is 0. The first kappa shape index (κ1) is 19.0. The van der Waals surface area contributed by atoms with Crippen LogP contribution in [0.15, 0.2) is 60.8 Å². The maximum atomic E-state index is 13.1. The average molecular weight is 394 g/mol. The predicted molar refractivity (Wildman–Crippen MR) is 109 cm³/mol. The quantitative estimate of drug-likeness (QED) is 0.666. The number of piperazine rings is 1. The number of anilines is 1. The Morgan fingerprint density at radius 3 is 2.48 bits per heavy atom. The van der Waals surface area contributed by atoms with Gasteiger partial charge in [-0.05, 0) is 48.9 Å². The first-order chi connectivity index (χ1) is 14.1. The lowest BCUT2D eigenvalue weighted by Gasteiger charge is -2.35. The number of carbonyl (C=O) groups excluding carboxylic acids is 1. The number of halogens is 1. The highest BCUT2D eigenvalue weighted by atomic mass is 19.1. The van der Waals surface area contributed by atoms with E-state index in [1.807, 2.05) is 31.2 Å². The molecule has 6 nitrogen and oxygen atoms in total. The Hall–Kier alpha value is -3.35. The molecule has 1 aliphatic heterocycles. The minimum Gasteiger partial charge on any atom is -0.471 e. The SMILES string of the molecule is Cc1ccccc1OCn1ccc(C(=O)N2CCN(c3ccc(F)cc3)CC2)n1. The second-order valence-electron chi connectivity index (χ2n) is 7.04. The van der Waals surface area contributed by atoms with Gasteiger partial charge in [-0.25, -0.2) is 9.07 Å². The Bertz CT molecular complexity index is 978. The molecule has 0 unspecified atom stereocenters. The molecule has 7 heteroatoms. The molecular weight excluding hydrogens is 371 g/mol. The van der Waals surface area contributed by atoms with E-state index in [0.717, 1.165) is 17.0 Å². The fraction of sp³-hybridized carbons (Fsp3) is 0.273. The Morgan fingerprint density at radius 2 is 1.76 bits per heavy atom. The van der Waals surface area contributed by atoms with E-state index >= 15 is 0 Å². The minimum absolute atomic E-state index is 0.0848. The van der Waals surface area contributed by atoms with Crippen LogP contribution in [-0.4, -0.2) is 46.8 Å². The fourth-order valence-corrected chi connectivity index (χ4v) is 3.38. The highest BCUT2D eigenvalue weighted by Gasteiger charge is 2.24. The molecule has 150 valence electrons. The third-order valence-electron chi connectivity index (χ3n) is 5.06. The highest BCUT2D eigenvalue weighted by molar-refractivity contribution is 5.92. The van der Waals surface area contributed by atoms with Crippen molar-refractivity contribution in [3.05, 3.63) is 77.9 Å². The third kappa shape index (κ3) is 4.39. The number of ether oxygens (including phenoxy) is 1. The van der Waals surface area contributed by atoms with E-state index in [1.54, 1.807) is 34.0 Å². The van der Waals surface area contributed by atoms with E-state index in [-0.39, 0.29) is 18.5 Å². The second-order valence-corrected chi connectivity index (χ2v) is 7.04. The summed E-state index contributed by atoms with van der Waals surface area (Å²) in [6.45, 7) is 4.84. The number of aromatic nitrogens is 2. The van der Waals surface area contributed by atoms with Gasteiger partial charge in [0.1, 0.15) is 11.6 Å². The molecule has 2 heterocycles. The summed E-state index contributed by atoms with van der Waals surface area (Å²) in [4.78, 5) is 16.7. The molecule has 1 fully saturated rings. The lowest BCUT2D eigenvalue weighted by atomic mass is 10.2. The maximum absolute atomic E-state index is 13.1. The number of amides is 1. The van der Waals surface area contributed by atoms with Crippen molar-refractivity contribution in [2.75, 3.05) is 31.1 Å². The largest absolute Gasteiger partial charge is 0.471 e. The van der Waals surface area contributed by atoms with Crippen LogP contribution in [0.2, 0.25) is 0 Å². The van der Waals surface area contributed by atoms with Crippen LogP contribution in [0, 0.1) is 12.7 Å². The summed E-state index contributed by atoms with van der Waals surface area (Å²) in [5, 5.41) is 4.36. The summed E-state index contributed by atoms with van der Waals surface area (Å²) in [5.74, 6) is 0.468. The van der Waals surface area contributed by atoms with Crippen LogP contribution in [0.1, 0.15) is 16.1 Å². The van der Waals surface area contributed by atoms with E-state index in [0.29, 0.717) is 31.9 Å². The zero-order valence-electron chi connectivity index (χ0n) is 16.3. The number of hydrogen-bond donors (Lipinski definition) is 0. The number of benzene rings is 2. The van der Waals surface area contributed by atoms with Gasteiger partial charge in [-0.2, -0.15) is 5.10 Å². The second kappa shape index (κ2) is 8.34. The van der Waals surface area contributed by atoms with Crippen molar-refractivity contribution in [2.45, 2.75) is 13.7 Å². The molecular formula is C22H23FN4O2. The van der Waals surface area contributed by atoms with Crippen LogP contribution in [0.5, 0.6) is 5.75 Å². The van der Waals surface area contributed by atoms with Crippen molar-refractivity contribution < 1.29 is 13.9 Å². The van der Waals surface area contributed by atoms with Gasteiger partial charge < -0.3 is 14.5 Å². The van der Waals surface area contributed by atoms with Gasteiger partial charge in [0, 0.05) is 38.1 Å². The smallest absolute Gasteiger partial charge is 0.274 e. The van der Waals surface area contributed by atoms with Crippen LogP contribution >= 0.6 is 0 Å². The van der Waals surface area contributed by atoms with E-state index in [4.69, 9.17) is 4.74 Å². The Labute approximate surface area is 169 Å². The van der Waals surface area contributed by atoms with E-state index in [9.17, 15) is 9.18 Å². The maximum Gasteiger partial charge on any atom is 0.274 e. The molecule has 29 heavy (non-hydrogen) atoms. The predicted octanol–water partition coefficient (Wildman–Crippen LogP) is 3.33. The Balaban J connectivity index is 1.32. The Morgan fingerprint density at radius 1 is 1.03 bits per heavy atom. The summed E-state index contributed by atoms with van der Waals surface area (Å²) in [6.07, 6.45) is 1.75. The van der Waals surface area contributed by atoms with Crippen LogP contribution in [0.4, 0.5) is 10.1 Å². The summed E-state index contributed by atoms with van der Waals surface area (Å²) < 4.78 is 20.5. The lowest BCUT2D eigenvalue weighted by molar-refractivity contribution is 0.0738. The molecule has 3 aromatic rings. The Kier molecular flexibility index (Phi) is 5.46. The number of rotatable bonds is 5. The molecule has 1 aromatic heterocycles. The zero-order chi connectivity index (χ0) is 20.2. The van der Waals surface area contributed by atoms with E-state index in [1.165, 1.54) is 12.1 Å². The van der Waals surface area contributed by atoms with Gasteiger partial charge in [0.15, 0.2) is 12.4 Å². The number of carbonyl (C=O) groups is 1. The molecule has 0 aliphatic carbocycles. The van der Waals surface area contributed by atoms with Crippen molar-refractivity contribution in [1.29, 1.82) is 0 Å². The van der Waals surface area contributed by atoms with Gasteiger partial charge in [-0.3, -0.25) is 4.79 Å². The monoisotopic (exact) mass is 394 g/mol. The molecule has 0 radical (unpaired) electrons. The highest BCUT2D eigenvalue weighted by Crippen LogP contribution is 2.18. The molecule has 0 bridgehead atoms. The first-order valence-corrected chi connectivity index (χ1v) is 9.62. The average Bonchev–Trinajstić information content (AvgIpc) is 3.22. The molecule has 0 spiro atoms. The molecule has 0 N–H and O–H groups in total. The first-order valence-electron chi connectivity index (χ1n) is 9.62. The van der Waals surface area contributed by atoms with Crippen molar-refractivity contribution in [3.8, 4) is 5.75 Å². The van der Waals surface area contributed by atoms with Crippen LogP contribution in [0.25, 0.3) is 0 Å². The third-order valence-corrected chi connectivity index (χ3v) is 5.06. The zero-order valence-corrected chi connectivity index (χ0v) is 16.3. The molecule has 0 saturated carbocycles. The molecule has 2 aromatic carbocycles. The molecule has 1 amide bonds. The topological polar surface area (TPSA) is 50.6 Å². The van der Waals surface area contributed by atoms with Crippen molar-refractivity contribution in [1.82, 2.24) is 14.7 Å². The normalized spacial score (nSPS) is 14.1. The van der Waals surface area contributed by atoms with Gasteiger partial charge in [0.05, 0.1) is 0 Å². The van der Waals surface area contributed by atoms with Crippen molar-refractivity contribution >= 4 is 11.6 Å². The molecule has 4 rings (SSSR count). The van der Waals surface area contributed by atoms with Crippen LogP contribution < -0.4 is 9.64 Å². The van der Waals surface area contributed by atoms with Gasteiger partial charge in [-0.15, -0.1) is 0 Å². The standard InChI is InChI=1S/C22H23FN4O2/c1-17-4-2-3-5-21(17)29-16-27-11-10-20(24-27)22(28)26-14-12-25(13-15-26)19-8-6-18(23)7-9-19/h2-11H,12-16H2,1H3. The summed E-state index contributed by atoms with van der Waals surface area (Å²) in [5.41, 5.74) is 2.43. The number of aryl methyl sites for hydroxylation is 1. The van der Waals surface area contributed by atoms with E-state index in [2.05, 4.69) is 10.00 Å². The lowest BCUT2D eigenvalue weighted by Crippen LogP contribution is -2.48. The van der Waals surface area contributed by atoms with E-state index < -0.39 is 0 Å². The number of nitrogens with zero attached hydrogens (tertiary/aromatic N) is 4. The van der Waals surface area contributed by atoms with Gasteiger partial charge in [0.2, 0.25) is 0 Å². The summed E-state index contributed by atoms with van der Waals surface area (Å²) in [6, 6.07) is 15.9. The minimum atomic E-state index is -0.246. The summed E-state index contributed by atoms with van der Waals surface area (Å²) >= 11 is 0. The fourth-order valence-electron chi connectivity index (χ4n) is 3.38. The molecule has 1 saturated heterocycles. The van der Waals surface area contributed by atoms with Crippen molar-refractivity contribution in [3.63, 3.8) is 0 Å². The van der Waals surface area contributed by atoms with Gasteiger partial charge >= 0.3 is 0 Å². The van der Waals surface area contributed by atoms with Crippen LogP contribution in [-0.2, 0) is 6.73 Å². The molecule has 1 aliphatic rings. The number of para-hydroxylation sites is 1. The number of hydrogen-bond acceptors (Lipinski definition) is 4. The van der Waals surface area contributed by atoms with Gasteiger partial charge in [0.25, 0.3) is 5.91 Å². The molecule has 0 atom stereocenters. The van der Waals surface area contributed by atoms with Crippen LogP contribution in [0.3, 0.4) is 0 Å². The van der Waals surface area contributed by atoms with Gasteiger partial charge in [-0.1, -0.05) is 18.2 Å². The van der Waals surface area contributed by atoms with Crippen molar-refractivity contribution in [2.24, 2.45) is 0 Å².